The van der Waals surface area contributed by atoms with Crippen LogP contribution in [0.1, 0.15) is 19.0 Å². The fourth-order valence-corrected chi connectivity index (χ4v) is 4.22. The Morgan fingerprint density at radius 3 is 2.32 bits per heavy atom. The second-order valence-corrected chi connectivity index (χ2v) is 7.54. The Morgan fingerprint density at radius 2 is 1.79 bits per heavy atom. The van der Waals surface area contributed by atoms with Gasteiger partial charge < -0.3 is 14.9 Å². The number of nitrogens with zero attached hydrogens (tertiary/aromatic N) is 4. The molecule has 0 bridgehead atoms. The van der Waals surface area contributed by atoms with Crippen molar-refractivity contribution in [1.82, 2.24) is 14.8 Å². The van der Waals surface area contributed by atoms with Crippen LogP contribution >= 0.6 is 0 Å². The highest BCUT2D eigenvalue weighted by molar-refractivity contribution is 5.92. The average Bonchev–Trinajstić information content (AvgIpc) is 3.19. The quantitative estimate of drug-likeness (QED) is 0.755. The summed E-state index contributed by atoms with van der Waals surface area (Å²) in [6.45, 7) is 7.25. The lowest BCUT2D eigenvalue weighted by molar-refractivity contribution is -0.141. The van der Waals surface area contributed by atoms with Crippen LogP contribution in [0, 0.1) is 11.8 Å². The van der Waals surface area contributed by atoms with Crippen molar-refractivity contribution in [2.75, 3.05) is 57.3 Å². The predicted molar refractivity (Wildman–Crippen MR) is 98.8 cm³/mol. The SMILES string of the molecule is CCC(=O)N(CCN1CC2CN(CCO)CC2C1)c1cccc(C(F)(F)F)n1. The van der Waals surface area contributed by atoms with Crippen molar-refractivity contribution in [2.45, 2.75) is 19.5 Å². The molecule has 1 N–H and O–H groups in total. The van der Waals surface area contributed by atoms with E-state index in [0.29, 0.717) is 31.5 Å². The second-order valence-electron chi connectivity index (χ2n) is 7.54. The fraction of sp³-hybridized carbons (Fsp3) is 0.684. The van der Waals surface area contributed by atoms with Gasteiger partial charge in [0.15, 0.2) is 0 Å². The van der Waals surface area contributed by atoms with Crippen LogP contribution in [0.3, 0.4) is 0 Å². The highest BCUT2D eigenvalue weighted by Gasteiger charge is 2.39. The van der Waals surface area contributed by atoms with Crippen LogP contribution in [0.2, 0.25) is 0 Å². The zero-order valence-corrected chi connectivity index (χ0v) is 16.0. The van der Waals surface area contributed by atoms with E-state index in [1.54, 1.807) is 6.92 Å². The molecular weight excluding hydrogens is 373 g/mol. The molecular formula is C19H27F3N4O2. The van der Waals surface area contributed by atoms with Gasteiger partial charge in [-0.15, -0.1) is 0 Å². The zero-order chi connectivity index (χ0) is 20.3. The Balaban J connectivity index is 1.62. The zero-order valence-electron chi connectivity index (χ0n) is 16.0. The fourth-order valence-electron chi connectivity index (χ4n) is 4.22. The smallest absolute Gasteiger partial charge is 0.395 e. The number of alkyl halides is 3. The number of anilines is 1. The summed E-state index contributed by atoms with van der Waals surface area (Å²) in [4.78, 5) is 21.9. The molecule has 1 aromatic rings. The topological polar surface area (TPSA) is 59.9 Å². The van der Waals surface area contributed by atoms with Crippen molar-refractivity contribution in [2.24, 2.45) is 11.8 Å². The maximum Gasteiger partial charge on any atom is 0.433 e. The minimum Gasteiger partial charge on any atom is -0.395 e. The number of likely N-dealkylation sites (tertiary alicyclic amines) is 2. The first-order chi connectivity index (χ1) is 13.3. The normalized spacial score (nSPS) is 23.2. The van der Waals surface area contributed by atoms with Crippen LogP contribution in [0.5, 0.6) is 0 Å². The van der Waals surface area contributed by atoms with Crippen molar-refractivity contribution in [3.05, 3.63) is 23.9 Å². The molecule has 0 aromatic carbocycles. The molecule has 2 aliphatic heterocycles. The van der Waals surface area contributed by atoms with E-state index >= 15 is 0 Å². The third-order valence-corrected chi connectivity index (χ3v) is 5.60. The molecule has 0 saturated carbocycles. The summed E-state index contributed by atoms with van der Waals surface area (Å²) in [7, 11) is 0. The molecule has 9 heteroatoms. The molecule has 3 heterocycles. The summed E-state index contributed by atoms with van der Waals surface area (Å²) in [5, 5.41) is 9.07. The molecule has 2 fully saturated rings. The van der Waals surface area contributed by atoms with Gasteiger partial charge in [0.2, 0.25) is 5.91 Å². The second kappa shape index (κ2) is 8.75. The summed E-state index contributed by atoms with van der Waals surface area (Å²) < 4.78 is 38.9. The predicted octanol–water partition coefficient (Wildman–Crippen LogP) is 1.70. The number of amides is 1. The third-order valence-electron chi connectivity index (χ3n) is 5.60. The van der Waals surface area contributed by atoms with Gasteiger partial charge in [0, 0.05) is 52.2 Å². The summed E-state index contributed by atoms with van der Waals surface area (Å²) in [5.41, 5.74) is -0.987. The van der Waals surface area contributed by atoms with Crippen LogP contribution in [0.25, 0.3) is 0 Å². The van der Waals surface area contributed by atoms with E-state index in [1.165, 1.54) is 17.0 Å². The first-order valence-electron chi connectivity index (χ1n) is 9.72. The van der Waals surface area contributed by atoms with Crippen LogP contribution in [0.4, 0.5) is 19.0 Å². The summed E-state index contributed by atoms with van der Waals surface area (Å²) >= 11 is 0. The van der Waals surface area contributed by atoms with E-state index < -0.39 is 11.9 Å². The Labute approximate surface area is 162 Å². The van der Waals surface area contributed by atoms with Crippen LogP contribution in [-0.2, 0) is 11.0 Å². The molecule has 6 nitrogen and oxygen atoms in total. The van der Waals surface area contributed by atoms with E-state index in [2.05, 4.69) is 14.8 Å². The van der Waals surface area contributed by atoms with Gasteiger partial charge in [0.1, 0.15) is 11.5 Å². The lowest BCUT2D eigenvalue weighted by atomic mass is 10.0. The highest BCUT2D eigenvalue weighted by Crippen LogP contribution is 2.31. The van der Waals surface area contributed by atoms with Crippen LogP contribution in [0.15, 0.2) is 18.2 Å². The largest absolute Gasteiger partial charge is 0.433 e. The number of rotatable bonds is 7. The van der Waals surface area contributed by atoms with E-state index in [9.17, 15) is 18.0 Å². The number of aromatic nitrogens is 1. The Bertz CT molecular complexity index is 671. The highest BCUT2D eigenvalue weighted by atomic mass is 19.4. The number of carbonyl (C=O) groups excluding carboxylic acids is 1. The average molecular weight is 400 g/mol. The maximum absolute atomic E-state index is 13.0. The van der Waals surface area contributed by atoms with E-state index in [4.69, 9.17) is 5.11 Å². The lowest BCUT2D eigenvalue weighted by Gasteiger charge is -2.26. The molecule has 0 radical (unpaired) electrons. The Morgan fingerprint density at radius 1 is 1.18 bits per heavy atom. The number of pyridine rings is 1. The van der Waals surface area contributed by atoms with E-state index in [-0.39, 0.29) is 24.8 Å². The molecule has 156 valence electrons. The minimum atomic E-state index is -4.54. The summed E-state index contributed by atoms with van der Waals surface area (Å²) in [6.07, 6.45) is -4.33. The minimum absolute atomic E-state index is 0.0511. The Kier molecular flexibility index (Phi) is 6.57. The van der Waals surface area contributed by atoms with Crippen LogP contribution in [-0.4, -0.2) is 78.2 Å². The standard InChI is InChI=1S/C19H27F3N4O2/c1-2-18(28)26(17-5-3-4-16(23-17)19(20,21)22)7-6-24-10-14-12-25(8-9-27)13-15(14)11-24/h3-5,14-15,27H,2,6-13H2,1H3. The van der Waals surface area contributed by atoms with Gasteiger partial charge in [-0.25, -0.2) is 4.98 Å². The van der Waals surface area contributed by atoms with Gasteiger partial charge in [0.25, 0.3) is 0 Å². The van der Waals surface area contributed by atoms with Crippen molar-refractivity contribution < 1.29 is 23.1 Å². The molecule has 2 aliphatic rings. The number of aliphatic hydroxyl groups excluding tert-OH is 1. The van der Waals surface area contributed by atoms with Gasteiger partial charge in [-0.3, -0.25) is 9.69 Å². The lowest BCUT2D eigenvalue weighted by Crippen LogP contribution is -2.39. The first kappa shape index (κ1) is 21.0. The van der Waals surface area contributed by atoms with Crippen molar-refractivity contribution in [3.8, 4) is 0 Å². The number of β-amino-alcohol motifs (C(OH)–C–C–N with tert-alkyl or cyclic N) is 1. The summed E-state index contributed by atoms with van der Waals surface area (Å²) in [5.74, 6) is 0.914. The molecule has 3 rings (SSSR count). The maximum atomic E-state index is 13.0. The van der Waals surface area contributed by atoms with Gasteiger partial charge in [0.05, 0.1) is 6.61 Å². The van der Waals surface area contributed by atoms with Crippen molar-refractivity contribution >= 4 is 11.7 Å². The van der Waals surface area contributed by atoms with Gasteiger partial charge in [-0.2, -0.15) is 13.2 Å². The summed E-state index contributed by atoms with van der Waals surface area (Å²) in [6, 6.07) is 3.66. The number of fused-ring (bicyclic) bond motifs is 1. The molecule has 0 aliphatic carbocycles. The molecule has 1 amide bonds. The van der Waals surface area contributed by atoms with Gasteiger partial charge in [-0.1, -0.05) is 13.0 Å². The Hall–Kier alpha value is -1.71. The van der Waals surface area contributed by atoms with Gasteiger partial charge >= 0.3 is 6.18 Å². The number of hydrogen-bond donors (Lipinski definition) is 1. The molecule has 28 heavy (non-hydrogen) atoms. The van der Waals surface area contributed by atoms with Crippen LogP contribution < -0.4 is 4.90 Å². The molecule has 0 spiro atoms. The van der Waals surface area contributed by atoms with E-state index in [1.807, 2.05) is 0 Å². The number of carbonyl (C=O) groups is 1. The molecule has 2 atom stereocenters. The first-order valence-corrected chi connectivity index (χ1v) is 9.72. The number of halogens is 3. The van der Waals surface area contributed by atoms with Crippen molar-refractivity contribution in [1.29, 1.82) is 0 Å². The van der Waals surface area contributed by atoms with E-state index in [0.717, 1.165) is 32.2 Å². The molecule has 1 aromatic heterocycles. The van der Waals surface area contributed by atoms with Gasteiger partial charge in [-0.05, 0) is 24.0 Å². The number of aliphatic hydroxyl groups is 1. The van der Waals surface area contributed by atoms with Crippen molar-refractivity contribution in [3.63, 3.8) is 0 Å². The monoisotopic (exact) mass is 400 g/mol. The number of hydrogen-bond acceptors (Lipinski definition) is 5. The molecule has 2 unspecified atom stereocenters. The molecule has 2 saturated heterocycles. The third kappa shape index (κ3) is 4.82.